The van der Waals surface area contributed by atoms with E-state index in [0.717, 1.165) is 12.8 Å². The molecule has 18 heavy (non-hydrogen) atoms. The maximum atomic E-state index is 11.8. The Bertz CT molecular complexity index is 396. The van der Waals surface area contributed by atoms with Gasteiger partial charge in [-0.25, -0.2) is 8.42 Å². The van der Waals surface area contributed by atoms with Crippen molar-refractivity contribution < 1.29 is 8.42 Å². The van der Waals surface area contributed by atoms with Crippen LogP contribution >= 0.6 is 0 Å². The van der Waals surface area contributed by atoms with Gasteiger partial charge in [0.2, 0.25) is 0 Å². The average Bonchev–Trinajstić information content (AvgIpc) is 2.90. The van der Waals surface area contributed by atoms with Crippen LogP contribution in [0.4, 0.5) is 0 Å². The minimum absolute atomic E-state index is 0.116. The number of fused-ring (bicyclic) bond motifs is 1. The van der Waals surface area contributed by atoms with Crippen molar-refractivity contribution in [3.05, 3.63) is 0 Å². The summed E-state index contributed by atoms with van der Waals surface area (Å²) in [4.78, 5) is 2.59. The molecule has 3 fully saturated rings. The molecule has 0 aliphatic carbocycles. The molecule has 3 rings (SSSR count). The fourth-order valence-corrected chi connectivity index (χ4v) is 5.63. The second-order valence-electron chi connectivity index (χ2n) is 6.03. The Balaban J connectivity index is 1.54. The van der Waals surface area contributed by atoms with Crippen LogP contribution in [-0.4, -0.2) is 56.0 Å². The number of hydrogen-bond acceptors (Lipinski definition) is 4. The number of hydrogen-bond donors (Lipinski definition) is 1. The first kappa shape index (κ1) is 12.9. The number of sulfone groups is 1. The normalized spacial score (nSPS) is 39.9. The third-order valence-electron chi connectivity index (χ3n) is 4.93. The molecule has 3 unspecified atom stereocenters. The lowest BCUT2D eigenvalue weighted by Crippen LogP contribution is -2.47. The molecule has 4 nitrogen and oxygen atoms in total. The van der Waals surface area contributed by atoms with Gasteiger partial charge in [-0.1, -0.05) is 6.42 Å². The highest BCUT2D eigenvalue weighted by Gasteiger charge is 2.37. The van der Waals surface area contributed by atoms with Crippen LogP contribution in [0.1, 0.15) is 38.5 Å². The summed E-state index contributed by atoms with van der Waals surface area (Å²) in [5, 5.41) is 3.44. The van der Waals surface area contributed by atoms with Crippen LogP contribution < -0.4 is 5.32 Å². The first-order valence-electron chi connectivity index (χ1n) is 7.36. The fourth-order valence-electron chi connectivity index (χ4n) is 3.86. The molecule has 3 atom stereocenters. The van der Waals surface area contributed by atoms with E-state index >= 15 is 0 Å². The van der Waals surface area contributed by atoms with Crippen LogP contribution in [0.5, 0.6) is 0 Å². The number of piperidine rings is 1. The van der Waals surface area contributed by atoms with Gasteiger partial charge in [-0.05, 0) is 38.6 Å². The van der Waals surface area contributed by atoms with Gasteiger partial charge in [0.15, 0.2) is 9.84 Å². The van der Waals surface area contributed by atoms with E-state index in [4.69, 9.17) is 0 Å². The van der Waals surface area contributed by atoms with E-state index in [2.05, 4.69) is 10.2 Å². The molecule has 0 bridgehead atoms. The van der Waals surface area contributed by atoms with Crippen LogP contribution in [0.2, 0.25) is 0 Å². The van der Waals surface area contributed by atoms with Crippen LogP contribution in [0.25, 0.3) is 0 Å². The molecule has 0 radical (unpaired) electrons. The highest BCUT2D eigenvalue weighted by molar-refractivity contribution is 7.92. The predicted octanol–water partition coefficient (Wildman–Crippen LogP) is 0.780. The average molecular weight is 272 g/mol. The van der Waals surface area contributed by atoms with Gasteiger partial charge in [0.25, 0.3) is 0 Å². The van der Waals surface area contributed by atoms with E-state index in [1.165, 1.54) is 38.8 Å². The van der Waals surface area contributed by atoms with Gasteiger partial charge in [0.05, 0.1) is 11.0 Å². The van der Waals surface area contributed by atoms with Gasteiger partial charge >= 0.3 is 0 Å². The Hall–Kier alpha value is -0.130. The lowest BCUT2D eigenvalue weighted by Gasteiger charge is -2.33. The van der Waals surface area contributed by atoms with Gasteiger partial charge < -0.3 is 5.32 Å². The van der Waals surface area contributed by atoms with Crippen LogP contribution in [0, 0.1) is 0 Å². The highest BCUT2D eigenvalue weighted by Crippen LogP contribution is 2.27. The zero-order valence-corrected chi connectivity index (χ0v) is 11.8. The zero-order valence-electron chi connectivity index (χ0n) is 11.0. The van der Waals surface area contributed by atoms with Crippen LogP contribution in [-0.2, 0) is 9.84 Å². The van der Waals surface area contributed by atoms with E-state index in [-0.39, 0.29) is 5.25 Å². The fraction of sp³-hybridized carbons (Fsp3) is 1.00. The van der Waals surface area contributed by atoms with Crippen molar-refractivity contribution in [2.24, 2.45) is 0 Å². The van der Waals surface area contributed by atoms with E-state index in [1.807, 2.05) is 0 Å². The van der Waals surface area contributed by atoms with Crippen molar-refractivity contribution in [1.29, 1.82) is 0 Å². The first-order valence-corrected chi connectivity index (χ1v) is 9.07. The summed E-state index contributed by atoms with van der Waals surface area (Å²) in [5.74, 6) is 0.402. The van der Waals surface area contributed by atoms with Gasteiger partial charge in [-0.2, -0.15) is 0 Å². The second kappa shape index (κ2) is 5.10. The molecule has 104 valence electrons. The third kappa shape index (κ3) is 2.45. The van der Waals surface area contributed by atoms with Gasteiger partial charge in [-0.3, -0.25) is 4.90 Å². The Kier molecular flexibility index (Phi) is 3.65. The molecular weight excluding hydrogens is 248 g/mol. The first-order chi connectivity index (χ1) is 8.67. The molecule has 3 heterocycles. The maximum absolute atomic E-state index is 11.8. The monoisotopic (exact) mass is 272 g/mol. The van der Waals surface area contributed by atoms with Crippen molar-refractivity contribution >= 4 is 9.84 Å². The standard InChI is InChI=1S/C13H24N2O2S/c16-18(17)9-3-4-11(18)10-14-12-6-8-15-7-2-1-5-13(12)15/h11-14H,1-10H2. The summed E-state index contributed by atoms with van der Waals surface area (Å²) in [6, 6.07) is 1.20. The van der Waals surface area contributed by atoms with E-state index in [9.17, 15) is 8.42 Å². The van der Waals surface area contributed by atoms with Gasteiger partial charge in [0.1, 0.15) is 0 Å². The summed E-state index contributed by atoms with van der Waals surface area (Å²) in [6.07, 6.45) is 6.86. The largest absolute Gasteiger partial charge is 0.311 e. The van der Waals surface area contributed by atoms with Crippen LogP contribution in [0.3, 0.4) is 0 Å². The molecule has 0 spiro atoms. The molecule has 3 saturated heterocycles. The molecular formula is C13H24N2O2S. The summed E-state index contributed by atoms with van der Waals surface area (Å²) in [7, 11) is -2.78. The quantitative estimate of drug-likeness (QED) is 0.825. The molecule has 0 saturated carbocycles. The molecule has 5 heteroatoms. The van der Waals surface area contributed by atoms with Crippen molar-refractivity contribution in [2.45, 2.75) is 55.9 Å². The van der Waals surface area contributed by atoms with E-state index in [1.54, 1.807) is 0 Å². The SMILES string of the molecule is O=S1(=O)CCCC1CNC1CCN2CCCCC12. The summed E-state index contributed by atoms with van der Waals surface area (Å²) >= 11 is 0. The van der Waals surface area contributed by atoms with Crippen molar-refractivity contribution in [3.8, 4) is 0 Å². The molecule has 0 aromatic rings. The van der Waals surface area contributed by atoms with Gasteiger partial charge in [-0.15, -0.1) is 0 Å². The molecule has 0 amide bonds. The summed E-state index contributed by atoms with van der Waals surface area (Å²) < 4.78 is 23.6. The molecule has 3 aliphatic heterocycles. The maximum Gasteiger partial charge on any atom is 0.154 e. The minimum atomic E-state index is -2.78. The van der Waals surface area contributed by atoms with E-state index in [0.29, 0.717) is 24.4 Å². The number of nitrogens with zero attached hydrogens (tertiary/aromatic N) is 1. The lowest BCUT2D eigenvalue weighted by molar-refractivity contribution is 0.180. The van der Waals surface area contributed by atoms with Crippen molar-refractivity contribution in [3.63, 3.8) is 0 Å². The topological polar surface area (TPSA) is 49.4 Å². The zero-order chi connectivity index (χ0) is 12.6. The smallest absolute Gasteiger partial charge is 0.154 e. The Morgan fingerprint density at radius 1 is 1.06 bits per heavy atom. The molecule has 1 N–H and O–H groups in total. The predicted molar refractivity (Wildman–Crippen MR) is 72.4 cm³/mol. The summed E-state index contributed by atoms with van der Waals surface area (Å²) in [6.45, 7) is 3.11. The van der Waals surface area contributed by atoms with E-state index < -0.39 is 9.84 Å². The molecule has 3 aliphatic rings. The van der Waals surface area contributed by atoms with Crippen molar-refractivity contribution in [2.75, 3.05) is 25.4 Å². The van der Waals surface area contributed by atoms with Crippen LogP contribution in [0.15, 0.2) is 0 Å². The third-order valence-corrected chi connectivity index (χ3v) is 7.20. The molecule has 0 aromatic heterocycles. The Morgan fingerprint density at radius 2 is 1.94 bits per heavy atom. The lowest BCUT2D eigenvalue weighted by atomic mass is 9.99. The number of rotatable bonds is 3. The highest BCUT2D eigenvalue weighted by atomic mass is 32.2. The molecule has 0 aromatic carbocycles. The Morgan fingerprint density at radius 3 is 2.72 bits per heavy atom. The number of nitrogens with one attached hydrogen (secondary N) is 1. The second-order valence-corrected chi connectivity index (χ2v) is 8.43. The summed E-state index contributed by atoms with van der Waals surface area (Å²) in [5.41, 5.74) is 0. The minimum Gasteiger partial charge on any atom is -0.311 e. The van der Waals surface area contributed by atoms with Crippen molar-refractivity contribution in [1.82, 2.24) is 10.2 Å². The Labute approximate surface area is 110 Å². The van der Waals surface area contributed by atoms with Gasteiger partial charge in [0, 0.05) is 25.2 Å².